The molecule has 0 N–H and O–H groups in total. The van der Waals surface area contributed by atoms with Crippen LogP contribution in [0.2, 0.25) is 5.15 Å². The predicted octanol–water partition coefficient (Wildman–Crippen LogP) is 2.46. The number of aryl methyl sites for hydroxylation is 1. The van der Waals surface area contributed by atoms with Crippen LogP contribution in [-0.4, -0.2) is 30.8 Å². The molecule has 0 radical (unpaired) electrons. The van der Waals surface area contributed by atoms with E-state index in [0.717, 1.165) is 27.9 Å². The highest BCUT2D eigenvalue weighted by Gasteiger charge is 2.10. The molecule has 0 spiro atoms. The zero-order chi connectivity index (χ0) is 12.0. The quantitative estimate of drug-likeness (QED) is 0.446. The molecule has 0 fully saturated rings. The zero-order valence-corrected chi connectivity index (χ0v) is 12.2. The second-order valence-corrected chi connectivity index (χ2v) is 4.66. The molecular formula is C10H14ClIN2O2. The number of nitrogens with zero attached hydrogens (tertiary/aromatic N) is 2. The van der Waals surface area contributed by atoms with Gasteiger partial charge in [-0.25, -0.2) is 9.97 Å². The summed E-state index contributed by atoms with van der Waals surface area (Å²) in [6, 6.07) is 0. The van der Waals surface area contributed by atoms with Crippen molar-refractivity contribution < 1.29 is 9.47 Å². The number of halogens is 2. The van der Waals surface area contributed by atoms with E-state index in [2.05, 4.69) is 32.6 Å². The number of hydrogen-bond acceptors (Lipinski definition) is 4. The van der Waals surface area contributed by atoms with Crippen LogP contribution in [0.25, 0.3) is 0 Å². The van der Waals surface area contributed by atoms with E-state index in [1.807, 2.05) is 0 Å². The third-order valence-corrected chi connectivity index (χ3v) is 3.68. The van der Waals surface area contributed by atoms with E-state index in [0.29, 0.717) is 18.4 Å². The summed E-state index contributed by atoms with van der Waals surface area (Å²) in [6.45, 7) is 1.16. The predicted molar refractivity (Wildman–Crippen MR) is 70.7 cm³/mol. The van der Waals surface area contributed by atoms with E-state index >= 15 is 0 Å². The van der Waals surface area contributed by atoms with E-state index < -0.39 is 0 Å². The maximum absolute atomic E-state index is 6.02. The van der Waals surface area contributed by atoms with Gasteiger partial charge in [0.1, 0.15) is 11.0 Å². The standard InChI is InChI=1S/C10H14ClIN2O2/c1-15-5-3-4-8-13-7(6-16-2)9(12)10(11)14-8/h3-6H2,1-2H3. The molecular weight excluding hydrogens is 342 g/mol. The second kappa shape index (κ2) is 7.37. The van der Waals surface area contributed by atoms with Crippen molar-refractivity contribution in [3.8, 4) is 0 Å². The normalized spacial score (nSPS) is 10.8. The first-order chi connectivity index (χ1) is 7.69. The first kappa shape index (κ1) is 14.1. The summed E-state index contributed by atoms with van der Waals surface area (Å²) >= 11 is 8.15. The fourth-order valence-electron chi connectivity index (χ4n) is 1.23. The van der Waals surface area contributed by atoms with Crippen LogP contribution < -0.4 is 0 Å². The molecule has 1 rings (SSSR count). The Balaban J connectivity index is 2.77. The molecule has 0 atom stereocenters. The van der Waals surface area contributed by atoms with E-state index in [1.54, 1.807) is 14.2 Å². The Morgan fingerprint density at radius 3 is 2.62 bits per heavy atom. The largest absolute Gasteiger partial charge is 0.385 e. The van der Waals surface area contributed by atoms with Crippen LogP contribution in [0.4, 0.5) is 0 Å². The minimum Gasteiger partial charge on any atom is -0.385 e. The molecule has 0 bridgehead atoms. The lowest BCUT2D eigenvalue weighted by Gasteiger charge is -2.07. The van der Waals surface area contributed by atoms with Gasteiger partial charge in [-0.05, 0) is 29.0 Å². The van der Waals surface area contributed by atoms with Crippen LogP contribution >= 0.6 is 34.2 Å². The van der Waals surface area contributed by atoms with Gasteiger partial charge in [0.05, 0.1) is 15.9 Å². The summed E-state index contributed by atoms with van der Waals surface area (Å²) < 4.78 is 10.9. The van der Waals surface area contributed by atoms with Gasteiger partial charge in [-0.1, -0.05) is 11.6 Å². The van der Waals surface area contributed by atoms with Crippen LogP contribution in [0.3, 0.4) is 0 Å². The Bertz CT molecular complexity index is 350. The average Bonchev–Trinajstić information content (AvgIpc) is 2.26. The van der Waals surface area contributed by atoms with Gasteiger partial charge >= 0.3 is 0 Å². The van der Waals surface area contributed by atoms with Gasteiger partial charge in [-0.3, -0.25) is 0 Å². The number of hydrogen-bond donors (Lipinski definition) is 0. The monoisotopic (exact) mass is 356 g/mol. The van der Waals surface area contributed by atoms with E-state index in [9.17, 15) is 0 Å². The molecule has 0 unspecified atom stereocenters. The number of methoxy groups -OCH3 is 2. The Hall–Kier alpha value is 0.0200. The van der Waals surface area contributed by atoms with Crippen LogP contribution in [0.1, 0.15) is 17.9 Å². The van der Waals surface area contributed by atoms with Crippen LogP contribution in [0.5, 0.6) is 0 Å². The molecule has 0 aromatic carbocycles. The average molecular weight is 357 g/mol. The SMILES string of the molecule is COCCCc1nc(Cl)c(I)c(COC)n1. The number of aromatic nitrogens is 2. The van der Waals surface area contributed by atoms with Crippen molar-refractivity contribution in [3.05, 3.63) is 20.2 Å². The minimum atomic E-state index is 0.456. The summed E-state index contributed by atoms with van der Waals surface area (Å²) in [5, 5.41) is 0.495. The molecule has 90 valence electrons. The van der Waals surface area contributed by atoms with Crippen molar-refractivity contribution in [2.45, 2.75) is 19.4 Å². The van der Waals surface area contributed by atoms with Crippen LogP contribution in [0, 0.1) is 3.57 Å². The molecule has 0 aliphatic carbocycles. The van der Waals surface area contributed by atoms with Gasteiger partial charge in [-0.2, -0.15) is 0 Å². The Kier molecular flexibility index (Phi) is 6.48. The topological polar surface area (TPSA) is 44.2 Å². The van der Waals surface area contributed by atoms with E-state index in [-0.39, 0.29) is 0 Å². The fourth-order valence-corrected chi connectivity index (χ4v) is 1.83. The third kappa shape index (κ3) is 4.12. The maximum atomic E-state index is 6.02. The molecule has 6 heteroatoms. The Morgan fingerprint density at radius 2 is 2.00 bits per heavy atom. The lowest BCUT2D eigenvalue weighted by molar-refractivity contribution is 0.180. The first-order valence-electron chi connectivity index (χ1n) is 4.87. The second-order valence-electron chi connectivity index (χ2n) is 3.22. The van der Waals surface area contributed by atoms with Crippen molar-refractivity contribution in [2.75, 3.05) is 20.8 Å². The third-order valence-electron chi connectivity index (χ3n) is 1.96. The van der Waals surface area contributed by atoms with Gasteiger partial charge in [0.15, 0.2) is 0 Å². The highest BCUT2D eigenvalue weighted by Crippen LogP contribution is 2.20. The van der Waals surface area contributed by atoms with Crippen molar-refractivity contribution in [2.24, 2.45) is 0 Å². The summed E-state index contributed by atoms with van der Waals surface area (Å²) in [6.07, 6.45) is 1.65. The number of ether oxygens (including phenoxy) is 2. The summed E-state index contributed by atoms with van der Waals surface area (Å²) in [7, 11) is 3.31. The van der Waals surface area contributed by atoms with Gasteiger partial charge in [0, 0.05) is 27.2 Å². The smallest absolute Gasteiger partial charge is 0.146 e. The lowest BCUT2D eigenvalue weighted by atomic mass is 10.3. The Morgan fingerprint density at radius 1 is 1.25 bits per heavy atom. The Labute approximate surface area is 114 Å². The van der Waals surface area contributed by atoms with Crippen molar-refractivity contribution >= 4 is 34.2 Å². The molecule has 1 heterocycles. The van der Waals surface area contributed by atoms with Crippen molar-refractivity contribution in [1.29, 1.82) is 0 Å². The van der Waals surface area contributed by atoms with Gasteiger partial charge in [0.25, 0.3) is 0 Å². The fraction of sp³-hybridized carbons (Fsp3) is 0.600. The highest BCUT2D eigenvalue weighted by molar-refractivity contribution is 14.1. The zero-order valence-electron chi connectivity index (χ0n) is 9.30. The van der Waals surface area contributed by atoms with E-state index in [1.165, 1.54) is 0 Å². The molecule has 0 saturated heterocycles. The maximum Gasteiger partial charge on any atom is 0.146 e. The summed E-state index contributed by atoms with van der Waals surface area (Å²) in [4.78, 5) is 8.63. The molecule has 0 amide bonds. The highest BCUT2D eigenvalue weighted by atomic mass is 127. The first-order valence-corrected chi connectivity index (χ1v) is 6.33. The van der Waals surface area contributed by atoms with Gasteiger partial charge in [-0.15, -0.1) is 0 Å². The molecule has 0 saturated carbocycles. The summed E-state index contributed by atoms with van der Waals surface area (Å²) in [5.41, 5.74) is 0.843. The molecule has 16 heavy (non-hydrogen) atoms. The van der Waals surface area contributed by atoms with Crippen LogP contribution in [-0.2, 0) is 22.5 Å². The summed E-state index contributed by atoms with van der Waals surface area (Å²) in [5.74, 6) is 0.745. The van der Waals surface area contributed by atoms with E-state index in [4.69, 9.17) is 21.1 Å². The minimum absolute atomic E-state index is 0.456. The van der Waals surface area contributed by atoms with Crippen molar-refractivity contribution in [1.82, 2.24) is 9.97 Å². The lowest BCUT2D eigenvalue weighted by Crippen LogP contribution is -2.05. The number of rotatable bonds is 6. The van der Waals surface area contributed by atoms with Crippen LogP contribution in [0.15, 0.2) is 0 Å². The molecule has 0 aliphatic heterocycles. The molecule has 1 aromatic rings. The molecule has 4 nitrogen and oxygen atoms in total. The van der Waals surface area contributed by atoms with Gasteiger partial charge in [0.2, 0.25) is 0 Å². The molecule has 0 aliphatic rings. The van der Waals surface area contributed by atoms with Crippen molar-refractivity contribution in [3.63, 3.8) is 0 Å². The molecule has 1 aromatic heterocycles. The van der Waals surface area contributed by atoms with Gasteiger partial charge < -0.3 is 9.47 Å².